The van der Waals surface area contributed by atoms with Gasteiger partial charge in [0.2, 0.25) is 10.0 Å². The average Bonchev–Trinajstić information content (AvgIpc) is 2.22. The summed E-state index contributed by atoms with van der Waals surface area (Å²) in [5.41, 5.74) is -0.224. The Balaban J connectivity index is 3.23. The van der Waals surface area contributed by atoms with Crippen LogP contribution in [0.5, 0.6) is 0 Å². The molecule has 20 heavy (non-hydrogen) atoms. The van der Waals surface area contributed by atoms with Crippen molar-refractivity contribution in [2.75, 3.05) is 16.6 Å². The molecule has 0 saturated carbocycles. The molecule has 1 N–H and O–H groups in total. The van der Waals surface area contributed by atoms with Gasteiger partial charge in [-0.3, -0.25) is 9.10 Å². The van der Waals surface area contributed by atoms with Crippen LogP contribution in [0.3, 0.4) is 0 Å². The van der Waals surface area contributed by atoms with Crippen molar-refractivity contribution in [3.8, 4) is 0 Å². The summed E-state index contributed by atoms with van der Waals surface area (Å²) in [4.78, 5) is 10.9. The number of halogens is 1. The van der Waals surface area contributed by atoms with Crippen molar-refractivity contribution >= 4 is 33.3 Å². The molecule has 112 valence electrons. The first kappa shape index (κ1) is 16.8. The number of aliphatic carboxylic acids is 1. The lowest BCUT2D eigenvalue weighted by Crippen LogP contribution is -2.40. The van der Waals surface area contributed by atoms with Crippen molar-refractivity contribution in [2.24, 2.45) is 5.41 Å². The quantitative estimate of drug-likeness (QED) is 0.905. The Bertz CT molecular complexity index is 593. The SMILES string of the molecule is CC(C)(C)CS(=O)(=O)N(CC(=O)O)c1cccc(Cl)c1. The molecule has 0 aliphatic rings. The third-order valence-electron chi connectivity index (χ3n) is 2.33. The van der Waals surface area contributed by atoms with Gasteiger partial charge in [-0.2, -0.15) is 0 Å². The Hall–Kier alpha value is -1.27. The molecule has 0 aliphatic carbocycles. The standard InChI is InChI=1S/C13H18ClNO4S/c1-13(2,3)9-20(18,19)15(8-12(16)17)11-6-4-5-10(14)7-11/h4-7H,8-9H2,1-3H3,(H,16,17). The molecular weight excluding hydrogens is 302 g/mol. The summed E-state index contributed by atoms with van der Waals surface area (Å²) in [6, 6.07) is 6.14. The Morgan fingerprint density at radius 3 is 2.40 bits per heavy atom. The molecule has 0 amide bonds. The fourth-order valence-electron chi connectivity index (χ4n) is 1.73. The maximum atomic E-state index is 12.4. The molecule has 0 aromatic heterocycles. The molecule has 1 rings (SSSR count). The maximum Gasteiger partial charge on any atom is 0.324 e. The molecule has 0 unspecified atom stereocenters. The van der Waals surface area contributed by atoms with Crippen LogP contribution >= 0.6 is 11.6 Å². The summed E-state index contributed by atoms with van der Waals surface area (Å²) in [6.45, 7) is 4.71. The van der Waals surface area contributed by atoms with Crippen molar-refractivity contribution in [2.45, 2.75) is 20.8 Å². The Morgan fingerprint density at radius 2 is 1.95 bits per heavy atom. The highest BCUT2D eigenvalue weighted by atomic mass is 35.5. The number of benzene rings is 1. The van der Waals surface area contributed by atoms with Gasteiger partial charge in [-0.15, -0.1) is 0 Å². The minimum absolute atomic E-state index is 0.153. The predicted octanol–water partition coefficient (Wildman–Crippen LogP) is 2.61. The second kappa shape index (κ2) is 6.01. The van der Waals surface area contributed by atoms with Crippen molar-refractivity contribution in [3.05, 3.63) is 29.3 Å². The molecule has 7 heteroatoms. The monoisotopic (exact) mass is 319 g/mol. The summed E-state index contributed by atoms with van der Waals surface area (Å²) < 4.78 is 25.7. The van der Waals surface area contributed by atoms with Gasteiger partial charge in [0, 0.05) is 5.02 Å². The van der Waals surface area contributed by atoms with Crippen LogP contribution in [0.1, 0.15) is 20.8 Å². The minimum Gasteiger partial charge on any atom is -0.480 e. The van der Waals surface area contributed by atoms with E-state index in [2.05, 4.69) is 0 Å². The number of hydrogen-bond acceptors (Lipinski definition) is 3. The van der Waals surface area contributed by atoms with Crippen molar-refractivity contribution < 1.29 is 18.3 Å². The highest BCUT2D eigenvalue weighted by Gasteiger charge is 2.30. The largest absolute Gasteiger partial charge is 0.480 e. The predicted molar refractivity (Wildman–Crippen MR) is 79.7 cm³/mol. The maximum absolute atomic E-state index is 12.4. The zero-order valence-electron chi connectivity index (χ0n) is 11.6. The lowest BCUT2D eigenvalue weighted by Gasteiger charge is -2.27. The smallest absolute Gasteiger partial charge is 0.324 e. The zero-order valence-corrected chi connectivity index (χ0v) is 13.2. The summed E-state index contributed by atoms with van der Waals surface area (Å²) in [6.07, 6.45) is 0. The molecule has 0 radical (unpaired) electrons. The summed E-state index contributed by atoms with van der Waals surface area (Å²) >= 11 is 5.84. The van der Waals surface area contributed by atoms with Gasteiger partial charge in [-0.05, 0) is 23.6 Å². The van der Waals surface area contributed by atoms with Gasteiger partial charge in [0.25, 0.3) is 0 Å². The fraction of sp³-hybridized carbons (Fsp3) is 0.462. The third kappa shape index (κ3) is 5.02. The van der Waals surface area contributed by atoms with Crippen LogP contribution in [0.25, 0.3) is 0 Å². The number of carbonyl (C=O) groups is 1. The Labute approximate surface area is 124 Å². The number of carboxylic acid groups (broad SMARTS) is 1. The molecule has 0 saturated heterocycles. The zero-order chi connectivity index (χ0) is 15.6. The summed E-state index contributed by atoms with van der Waals surface area (Å²) in [7, 11) is -3.75. The minimum atomic E-state index is -3.75. The van der Waals surface area contributed by atoms with Crippen LogP contribution < -0.4 is 4.31 Å². The molecule has 1 aromatic carbocycles. The highest BCUT2D eigenvalue weighted by Crippen LogP contribution is 2.25. The van der Waals surface area contributed by atoms with E-state index in [9.17, 15) is 13.2 Å². The number of anilines is 1. The molecular formula is C13H18ClNO4S. The van der Waals surface area contributed by atoms with E-state index in [4.69, 9.17) is 16.7 Å². The highest BCUT2D eigenvalue weighted by molar-refractivity contribution is 7.92. The van der Waals surface area contributed by atoms with Crippen LogP contribution in [-0.4, -0.2) is 31.8 Å². The Morgan fingerprint density at radius 1 is 1.35 bits per heavy atom. The number of rotatable bonds is 5. The molecule has 5 nitrogen and oxygen atoms in total. The van der Waals surface area contributed by atoms with Crippen molar-refractivity contribution in [1.29, 1.82) is 0 Å². The van der Waals surface area contributed by atoms with Gasteiger partial charge in [0.1, 0.15) is 6.54 Å². The van der Waals surface area contributed by atoms with E-state index in [1.165, 1.54) is 12.1 Å². The number of hydrogen-bond donors (Lipinski definition) is 1. The van der Waals surface area contributed by atoms with Crippen molar-refractivity contribution in [1.82, 2.24) is 0 Å². The summed E-state index contributed by atoms with van der Waals surface area (Å²) in [5, 5.41) is 9.29. The molecule has 0 spiro atoms. The van der Waals surface area contributed by atoms with Gasteiger partial charge in [-0.1, -0.05) is 38.4 Å². The number of nitrogens with zero attached hydrogens (tertiary/aromatic N) is 1. The van der Waals surface area contributed by atoms with E-state index < -0.39 is 28.0 Å². The van der Waals surface area contributed by atoms with Crippen molar-refractivity contribution in [3.63, 3.8) is 0 Å². The molecule has 0 aliphatic heterocycles. The van der Waals surface area contributed by atoms with Gasteiger partial charge in [0.05, 0.1) is 11.4 Å². The molecule has 0 atom stereocenters. The van der Waals surface area contributed by atoms with Crippen LogP contribution in [0, 0.1) is 5.41 Å². The fourth-order valence-corrected chi connectivity index (χ4v) is 3.91. The topological polar surface area (TPSA) is 74.7 Å². The lowest BCUT2D eigenvalue weighted by molar-refractivity contribution is -0.135. The van der Waals surface area contributed by atoms with E-state index in [1.807, 2.05) is 0 Å². The normalized spacial score (nSPS) is 12.2. The Kier molecular flexibility index (Phi) is 5.05. The first-order valence-electron chi connectivity index (χ1n) is 5.99. The van der Waals surface area contributed by atoms with Gasteiger partial charge in [-0.25, -0.2) is 8.42 Å². The van der Waals surface area contributed by atoms with E-state index in [0.29, 0.717) is 5.02 Å². The van der Waals surface area contributed by atoms with E-state index in [1.54, 1.807) is 32.9 Å². The van der Waals surface area contributed by atoms with Gasteiger partial charge >= 0.3 is 5.97 Å². The van der Waals surface area contributed by atoms with Crippen LogP contribution in [0.15, 0.2) is 24.3 Å². The second-order valence-corrected chi connectivity index (χ2v) is 8.03. The lowest BCUT2D eigenvalue weighted by atomic mass is 10.0. The number of sulfonamides is 1. The summed E-state index contributed by atoms with van der Waals surface area (Å²) in [5.74, 6) is -1.37. The van der Waals surface area contributed by atoms with Crippen LogP contribution in [0.4, 0.5) is 5.69 Å². The average molecular weight is 320 g/mol. The first-order valence-corrected chi connectivity index (χ1v) is 7.98. The van der Waals surface area contributed by atoms with Crippen LogP contribution in [0.2, 0.25) is 5.02 Å². The van der Waals surface area contributed by atoms with E-state index in [-0.39, 0.29) is 11.4 Å². The molecule has 0 fully saturated rings. The number of carboxylic acids is 1. The van der Waals surface area contributed by atoms with Crippen LogP contribution in [-0.2, 0) is 14.8 Å². The third-order valence-corrected chi connectivity index (χ3v) is 4.80. The second-order valence-electron chi connectivity index (χ2n) is 5.70. The van der Waals surface area contributed by atoms with Gasteiger partial charge < -0.3 is 5.11 Å². The molecule has 0 bridgehead atoms. The molecule has 0 heterocycles. The molecule has 1 aromatic rings. The van der Waals surface area contributed by atoms with Gasteiger partial charge in [0.15, 0.2) is 0 Å². The van der Waals surface area contributed by atoms with E-state index >= 15 is 0 Å². The van der Waals surface area contributed by atoms with E-state index in [0.717, 1.165) is 4.31 Å². The first-order chi connectivity index (χ1) is 9.01.